The van der Waals surface area contributed by atoms with Crippen molar-refractivity contribution in [1.29, 1.82) is 0 Å². The number of aromatic nitrogens is 1. The summed E-state index contributed by atoms with van der Waals surface area (Å²) in [5, 5.41) is 3.50. The summed E-state index contributed by atoms with van der Waals surface area (Å²) in [6.07, 6.45) is 0. The molecule has 63 valence electrons. The van der Waals surface area contributed by atoms with Crippen molar-refractivity contribution in [3.8, 4) is 0 Å². The van der Waals surface area contributed by atoms with E-state index in [4.69, 9.17) is 23.2 Å². The van der Waals surface area contributed by atoms with Crippen LogP contribution in [-0.4, -0.2) is 19.7 Å². The zero-order chi connectivity index (χ0) is 8.97. The Balaban J connectivity index is 2.72. The predicted molar refractivity (Wildman–Crippen MR) is 50.6 cm³/mol. The third kappa shape index (κ3) is 2.89. The number of anilines is 1. The highest BCUT2D eigenvalue weighted by Crippen LogP contribution is 2.17. The molecular weight excluding hydrogens is 198 g/mol. The van der Waals surface area contributed by atoms with Gasteiger partial charge in [-0.1, -0.05) is 23.2 Å². The summed E-state index contributed by atoms with van der Waals surface area (Å²) in [6, 6.07) is 3.28. The van der Waals surface area contributed by atoms with Crippen molar-refractivity contribution >= 4 is 36.5 Å². The molecule has 1 aromatic rings. The predicted octanol–water partition coefficient (Wildman–Crippen LogP) is 1.98. The summed E-state index contributed by atoms with van der Waals surface area (Å²) in [7, 11) is 2.96. The Hall–Kier alpha value is -0.445. The van der Waals surface area contributed by atoms with Gasteiger partial charge in [0, 0.05) is 12.8 Å². The van der Waals surface area contributed by atoms with Crippen LogP contribution in [-0.2, 0) is 4.65 Å². The second-order valence-corrected chi connectivity index (χ2v) is 2.77. The van der Waals surface area contributed by atoms with Crippen LogP contribution in [0.25, 0.3) is 0 Å². The molecule has 1 rings (SSSR count). The molecule has 0 atom stereocenters. The van der Waals surface area contributed by atoms with Gasteiger partial charge in [-0.25, -0.2) is 4.98 Å². The van der Waals surface area contributed by atoms with Gasteiger partial charge in [0.25, 0.3) is 0 Å². The third-order valence-electron chi connectivity index (χ3n) is 1.11. The molecular formula is C6H6BCl2N2O. The summed E-state index contributed by atoms with van der Waals surface area (Å²) < 4.78 is 4.68. The lowest BCUT2D eigenvalue weighted by Crippen LogP contribution is -2.08. The number of hydrogen-bond acceptors (Lipinski definition) is 3. The van der Waals surface area contributed by atoms with Crippen molar-refractivity contribution in [1.82, 2.24) is 4.98 Å². The number of nitrogens with zero attached hydrogens (tertiary/aromatic N) is 1. The lowest BCUT2D eigenvalue weighted by atomic mass is 10.2. The van der Waals surface area contributed by atoms with E-state index >= 15 is 0 Å². The number of pyridine rings is 1. The molecule has 6 heteroatoms. The molecule has 0 bridgehead atoms. The highest BCUT2D eigenvalue weighted by molar-refractivity contribution is 6.35. The fourth-order valence-electron chi connectivity index (χ4n) is 0.675. The molecule has 12 heavy (non-hydrogen) atoms. The maximum absolute atomic E-state index is 5.64. The Bertz CT molecular complexity index is 251. The standard InChI is InChI=1S/C6H6BCl2N2O/c1-12-7-11-4-2-5(8)10-6(9)3-4/h2-3H,1H3,(H,10,11). The van der Waals surface area contributed by atoms with Crippen LogP contribution in [0.15, 0.2) is 12.1 Å². The van der Waals surface area contributed by atoms with E-state index in [9.17, 15) is 0 Å². The van der Waals surface area contributed by atoms with E-state index < -0.39 is 0 Å². The van der Waals surface area contributed by atoms with Crippen molar-refractivity contribution in [3.63, 3.8) is 0 Å². The van der Waals surface area contributed by atoms with E-state index in [0.717, 1.165) is 5.69 Å². The second-order valence-electron chi connectivity index (χ2n) is 2.00. The van der Waals surface area contributed by atoms with Crippen LogP contribution in [0.5, 0.6) is 0 Å². The number of halogens is 2. The molecule has 1 radical (unpaired) electrons. The van der Waals surface area contributed by atoms with Crippen LogP contribution in [0, 0.1) is 0 Å². The first-order valence-electron chi connectivity index (χ1n) is 3.16. The topological polar surface area (TPSA) is 34.1 Å². The van der Waals surface area contributed by atoms with E-state index in [0.29, 0.717) is 10.3 Å². The average molecular weight is 204 g/mol. The molecule has 0 unspecified atom stereocenters. The van der Waals surface area contributed by atoms with Gasteiger partial charge >= 0.3 is 7.62 Å². The monoisotopic (exact) mass is 203 g/mol. The molecule has 0 spiro atoms. The Morgan fingerprint density at radius 2 is 2.00 bits per heavy atom. The Morgan fingerprint density at radius 1 is 1.42 bits per heavy atom. The van der Waals surface area contributed by atoms with E-state index in [1.54, 1.807) is 12.1 Å². The normalized spacial score (nSPS) is 9.58. The fourth-order valence-corrected chi connectivity index (χ4v) is 1.14. The van der Waals surface area contributed by atoms with Crippen molar-refractivity contribution < 1.29 is 4.65 Å². The second kappa shape index (κ2) is 4.55. The van der Waals surface area contributed by atoms with Gasteiger partial charge in [-0.05, 0) is 12.1 Å². The average Bonchev–Trinajstić information content (AvgIpc) is 1.99. The number of hydrogen-bond donors (Lipinski definition) is 1. The highest BCUT2D eigenvalue weighted by atomic mass is 35.5. The van der Waals surface area contributed by atoms with Crippen molar-refractivity contribution in [2.75, 3.05) is 12.3 Å². The fraction of sp³-hybridized carbons (Fsp3) is 0.167. The van der Waals surface area contributed by atoms with Crippen LogP contribution < -0.4 is 5.23 Å². The van der Waals surface area contributed by atoms with E-state index in [-0.39, 0.29) is 0 Å². The summed E-state index contributed by atoms with van der Waals surface area (Å²) in [6.45, 7) is 0. The molecule has 0 saturated carbocycles. The number of nitrogens with one attached hydrogen (secondary N) is 1. The zero-order valence-electron chi connectivity index (χ0n) is 6.34. The van der Waals surface area contributed by atoms with Gasteiger partial charge in [0.1, 0.15) is 10.3 Å². The SMILES string of the molecule is CO[B]Nc1cc(Cl)nc(Cl)c1. The summed E-state index contributed by atoms with van der Waals surface area (Å²) in [5.74, 6) is 0. The summed E-state index contributed by atoms with van der Waals surface area (Å²) >= 11 is 11.3. The lowest BCUT2D eigenvalue weighted by Gasteiger charge is -2.02. The van der Waals surface area contributed by atoms with E-state index in [2.05, 4.69) is 14.9 Å². The minimum atomic E-state index is 0.342. The number of rotatable bonds is 3. The zero-order valence-corrected chi connectivity index (χ0v) is 7.86. The van der Waals surface area contributed by atoms with Gasteiger partial charge < -0.3 is 9.88 Å². The summed E-state index contributed by atoms with van der Waals surface area (Å²) in [4.78, 5) is 3.78. The Morgan fingerprint density at radius 3 is 2.50 bits per heavy atom. The third-order valence-corrected chi connectivity index (χ3v) is 1.49. The first kappa shape index (κ1) is 9.64. The molecule has 1 N–H and O–H groups in total. The van der Waals surface area contributed by atoms with Gasteiger partial charge in [0.05, 0.1) is 0 Å². The van der Waals surface area contributed by atoms with Crippen LogP contribution in [0.4, 0.5) is 5.69 Å². The first-order chi connectivity index (χ1) is 5.72. The molecule has 1 aromatic heterocycles. The van der Waals surface area contributed by atoms with Gasteiger partial charge in [-0.15, -0.1) is 0 Å². The molecule has 0 aliphatic rings. The van der Waals surface area contributed by atoms with Crippen LogP contribution in [0.3, 0.4) is 0 Å². The van der Waals surface area contributed by atoms with Gasteiger partial charge in [-0.3, -0.25) is 0 Å². The maximum atomic E-state index is 5.64. The molecule has 0 saturated heterocycles. The lowest BCUT2D eigenvalue weighted by molar-refractivity contribution is 0.446. The quantitative estimate of drug-likeness (QED) is 0.603. The maximum Gasteiger partial charge on any atom is 0.435 e. The van der Waals surface area contributed by atoms with Gasteiger partial charge in [0.2, 0.25) is 0 Å². The smallest absolute Gasteiger partial charge is 0.422 e. The molecule has 3 nitrogen and oxygen atoms in total. The molecule has 0 fully saturated rings. The van der Waals surface area contributed by atoms with Gasteiger partial charge in [-0.2, -0.15) is 0 Å². The van der Waals surface area contributed by atoms with Crippen molar-refractivity contribution in [2.45, 2.75) is 0 Å². The molecule has 1 heterocycles. The van der Waals surface area contributed by atoms with Crippen LogP contribution in [0.1, 0.15) is 0 Å². The van der Waals surface area contributed by atoms with Crippen molar-refractivity contribution in [2.24, 2.45) is 0 Å². The van der Waals surface area contributed by atoms with E-state index in [1.165, 1.54) is 14.7 Å². The van der Waals surface area contributed by atoms with E-state index in [1.807, 2.05) is 0 Å². The Labute approximate surface area is 81.3 Å². The van der Waals surface area contributed by atoms with Crippen LogP contribution in [0.2, 0.25) is 10.3 Å². The Kier molecular flexibility index (Phi) is 3.65. The minimum Gasteiger partial charge on any atom is -0.422 e. The molecule has 0 aromatic carbocycles. The molecule has 0 amide bonds. The van der Waals surface area contributed by atoms with Crippen molar-refractivity contribution in [3.05, 3.63) is 22.4 Å². The minimum absolute atomic E-state index is 0.342. The first-order valence-corrected chi connectivity index (χ1v) is 3.92. The summed E-state index contributed by atoms with van der Waals surface area (Å²) in [5.41, 5.74) is 0.738. The molecule has 0 aliphatic heterocycles. The molecule has 0 aliphatic carbocycles. The largest absolute Gasteiger partial charge is 0.435 e. The van der Waals surface area contributed by atoms with Crippen LogP contribution >= 0.6 is 23.2 Å². The highest BCUT2D eigenvalue weighted by Gasteiger charge is 1.98. The van der Waals surface area contributed by atoms with Gasteiger partial charge in [0.15, 0.2) is 0 Å².